The van der Waals surface area contributed by atoms with Crippen molar-refractivity contribution in [1.29, 1.82) is 0 Å². The van der Waals surface area contributed by atoms with E-state index < -0.39 is 0 Å². The summed E-state index contributed by atoms with van der Waals surface area (Å²) >= 11 is 0. The number of hydrogen-bond acceptors (Lipinski definition) is 4. The van der Waals surface area contributed by atoms with Crippen LogP contribution in [0.1, 0.15) is 11.1 Å². The number of likely N-dealkylation sites (tertiary alicyclic amines) is 1. The summed E-state index contributed by atoms with van der Waals surface area (Å²) in [6.45, 7) is 1.73. The number of ether oxygens (including phenoxy) is 2. The molecule has 0 aromatic heterocycles. The summed E-state index contributed by atoms with van der Waals surface area (Å²) in [6.07, 6.45) is 0.0421. The number of nitrogens with zero attached hydrogens (tertiary/aromatic N) is 1. The van der Waals surface area contributed by atoms with Crippen LogP contribution in [-0.2, 0) is 16.0 Å². The topological polar surface area (TPSA) is 41.9 Å². The van der Waals surface area contributed by atoms with Gasteiger partial charge >= 0.3 is 0 Å². The number of halogens is 1. The van der Waals surface area contributed by atoms with Crippen molar-refractivity contribution in [2.45, 2.75) is 18.8 Å². The summed E-state index contributed by atoms with van der Waals surface area (Å²) in [7, 11) is 3.32. The second-order valence-corrected chi connectivity index (χ2v) is 5.01. The molecule has 0 radical (unpaired) electrons. The summed E-state index contributed by atoms with van der Waals surface area (Å²) < 4.78 is 24.8. The Morgan fingerprint density at radius 1 is 1.29 bits per heavy atom. The summed E-state index contributed by atoms with van der Waals surface area (Å²) in [5, 5.41) is 8.64. The number of rotatable bonds is 4. The van der Waals surface area contributed by atoms with Crippen LogP contribution >= 0.6 is 0 Å². The van der Waals surface area contributed by atoms with Crippen molar-refractivity contribution in [2.24, 2.45) is 0 Å². The van der Waals surface area contributed by atoms with Gasteiger partial charge in [-0.25, -0.2) is 4.39 Å². The molecule has 0 bridgehead atoms. The smallest absolute Gasteiger partial charge is 0.128 e. The van der Waals surface area contributed by atoms with Gasteiger partial charge in [-0.15, -0.1) is 0 Å². The van der Waals surface area contributed by atoms with Crippen LogP contribution in [0.15, 0.2) is 18.2 Å². The zero-order valence-corrected chi connectivity index (χ0v) is 12.3. The molecule has 5 heteroatoms. The molecular weight excluding hydrogens is 273 g/mol. The predicted molar refractivity (Wildman–Crippen MR) is 77.2 cm³/mol. The Labute approximate surface area is 124 Å². The van der Waals surface area contributed by atoms with Crippen LogP contribution in [0.4, 0.5) is 4.39 Å². The molecule has 1 aromatic carbocycles. The molecule has 2 unspecified atom stereocenters. The number of aliphatic hydroxyl groups is 1. The van der Waals surface area contributed by atoms with E-state index >= 15 is 0 Å². The second-order valence-electron chi connectivity index (χ2n) is 5.01. The van der Waals surface area contributed by atoms with E-state index in [2.05, 4.69) is 16.7 Å². The van der Waals surface area contributed by atoms with Gasteiger partial charge < -0.3 is 14.6 Å². The van der Waals surface area contributed by atoms with E-state index in [4.69, 9.17) is 14.6 Å². The zero-order valence-electron chi connectivity index (χ0n) is 12.3. The highest BCUT2D eigenvalue weighted by molar-refractivity contribution is 5.37. The fraction of sp³-hybridized carbons (Fsp3) is 0.500. The van der Waals surface area contributed by atoms with Crippen LogP contribution in [0.25, 0.3) is 0 Å². The molecule has 114 valence electrons. The summed E-state index contributed by atoms with van der Waals surface area (Å²) in [6, 6.07) is 4.90. The fourth-order valence-corrected chi connectivity index (χ4v) is 2.54. The van der Waals surface area contributed by atoms with Crippen molar-refractivity contribution in [3.8, 4) is 11.8 Å². The van der Waals surface area contributed by atoms with Crippen LogP contribution in [0.5, 0.6) is 0 Å². The fourth-order valence-electron chi connectivity index (χ4n) is 2.54. The summed E-state index contributed by atoms with van der Waals surface area (Å²) in [5.41, 5.74) is 1.19. The Kier molecular flexibility index (Phi) is 5.71. The maximum atomic E-state index is 14.1. The summed E-state index contributed by atoms with van der Waals surface area (Å²) in [4.78, 5) is 2.11. The molecule has 1 N–H and O–H groups in total. The van der Waals surface area contributed by atoms with Gasteiger partial charge in [-0.3, -0.25) is 4.90 Å². The highest BCUT2D eigenvalue weighted by Crippen LogP contribution is 2.20. The van der Waals surface area contributed by atoms with E-state index in [0.717, 1.165) is 13.1 Å². The minimum absolute atomic E-state index is 0.0211. The van der Waals surface area contributed by atoms with Gasteiger partial charge in [-0.1, -0.05) is 17.9 Å². The molecule has 1 aliphatic heterocycles. The lowest BCUT2D eigenvalue weighted by atomic mass is 10.1. The van der Waals surface area contributed by atoms with Gasteiger partial charge in [-0.2, -0.15) is 0 Å². The molecule has 0 aliphatic carbocycles. The minimum Gasteiger partial charge on any atom is -0.384 e. The molecule has 0 amide bonds. The third-order valence-corrected chi connectivity index (χ3v) is 3.66. The van der Waals surface area contributed by atoms with Gasteiger partial charge in [-0.05, 0) is 12.1 Å². The molecule has 1 aliphatic rings. The third kappa shape index (κ3) is 4.02. The van der Waals surface area contributed by atoms with Gasteiger partial charge in [0.25, 0.3) is 0 Å². The Morgan fingerprint density at radius 2 is 1.95 bits per heavy atom. The lowest BCUT2D eigenvalue weighted by molar-refractivity contribution is -0.00461. The Bertz CT molecular complexity index is 526. The Hall–Kier alpha value is -1.45. The van der Waals surface area contributed by atoms with E-state index in [0.29, 0.717) is 17.7 Å². The number of methoxy groups -OCH3 is 2. The predicted octanol–water partition coefficient (Wildman–Crippen LogP) is 1.02. The molecule has 0 spiro atoms. The molecule has 1 fully saturated rings. The molecule has 21 heavy (non-hydrogen) atoms. The average molecular weight is 293 g/mol. The minimum atomic E-state index is -0.283. The van der Waals surface area contributed by atoms with E-state index in [-0.39, 0.29) is 24.6 Å². The second kappa shape index (κ2) is 7.53. The average Bonchev–Trinajstić information content (AvgIpc) is 2.89. The van der Waals surface area contributed by atoms with Crippen molar-refractivity contribution in [3.05, 3.63) is 35.1 Å². The molecule has 0 saturated carbocycles. The first-order chi connectivity index (χ1) is 10.2. The first-order valence-corrected chi connectivity index (χ1v) is 6.84. The van der Waals surface area contributed by atoms with Gasteiger partial charge in [0, 0.05) is 45.0 Å². The molecule has 4 nitrogen and oxygen atoms in total. The maximum absolute atomic E-state index is 14.1. The largest absolute Gasteiger partial charge is 0.384 e. The molecule has 1 saturated heterocycles. The van der Waals surface area contributed by atoms with Crippen LogP contribution in [0, 0.1) is 17.7 Å². The van der Waals surface area contributed by atoms with Gasteiger partial charge in [0.15, 0.2) is 0 Å². The number of benzene rings is 1. The molecular formula is C16H20FNO3. The van der Waals surface area contributed by atoms with Crippen LogP contribution in [0.3, 0.4) is 0 Å². The van der Waals surface area contributed by atoms with Crippen molar-refractivity contribution >= 4 is 0 Å². The number of hydrogen-bond donors (Lipinski definition) is 1. The van der Waals surface area contributed by atoms with Crippen molar-refractivity contribution in [2.75, 3.05) is 33.9 Å². The summed E-state index contributed by atoms with van der Waals surface area (Å²) in [5.74, 6) is 4.92. The standard InChI is InChI=1S/C16H20FNO3/c1-20-15-10-18(11-16(15)21-2)9-13-6-5-12(4-3-7-19)8-14(13)17/h5-6,8,15-16,19H,7,9-11H2,1-2H3. The monoisotopic (exact) mass is 293 g/mol. The lowest BCUT2D eigenvalue weighted by Gasteiger charge is -2.15. The van der Waals surface area contributed by atoms with Crippen LogP contribution in [-0.4, -0.2) is 56.1 Å². The Balaban J connectivity index is 2.03. The zero-order chi connectivity index (χ0) is 15.2. The SMILES string of the molecule is COC1CN(Cc2ccc(C#CCO)cc2F)CC1OC. The Morgan fingerprint density at radius 3 is 2.48 bits per heavy atom. The molecule has 2 atom stereocenters. The number of aliphatic hydroxyl groups excluding tert-OH is 1. The lowest BCUT2D eigenvalue weighted by Crippen LogP contribution is -2.27. The van der Waals surface area contributed by atoms with Crippen molar-refractivity contribution in [1.82, 2.24) is 4.90 Å². The quantitative estimate of drug-likeness (QED) is 0.842. The highest BCUT2D eigenvalue weighted by Gasteiger charge is 2.32. The van der Waals surface area contributed by atoms with Crippen LogP contribution in [0.2, 0.25) is 0 Å². The van der Waals surface area contributed by atoms with Gasteiger partial charge in [0.1, 0.15) is 12.4 Å². The maximum Gasteiger partial charge on any atom is 0.128 e. The van der Waals surface area contributed by atoms with E-state index in [1.165, 1.54) is 6.07 Å². The highest BCUT2D eigenvalue weighted by atomic mass is 19.1. The van der Waals surface area contributed by atoms with E-state index in [1.807, 2.05) is 0 Å². The van der Waals surface area contributed by atoms with Crippen LogP contribution < -0.4 is 0 Å². The third-order valence-electron chi connectivity index (χ3n) is 3.66. The van der Waals surface area contributed by atoms with Gasteiger partial charge in [0.05, 0.1) is 12.2 Å². The molecule has 1 aromatic rings. The van der Waals surface area contributed by atoms with E-state index in [9.17, 15) is 4.39 Å². The normalized spacial score (nSPS) is 22.1. The molecule has 2 rings (SSSR count). The van der Waals surface area contributed by atoms with E-state index in [1.54, 1.807) is 26.4 Å². The van der Waals surface area contributed by atoms with Crippen molar-refractivity contribution in [3.63, 3.8) is 0 Å². The van der Waals surface area contributed by atoms with Gasteiger partial charge in [0.2, 0.25) is 0 Å². The first kappa shape index (κ1) is 15.9. The first-order valence-electron chi connectivity index (χ1n) is 6.84. The molecule has 1 heterocycles. The van der Waals surface area contributed by atoms with Crippen molar-refractivity contribution < 1.29 is 19.0 Å².